The van der Waals surface area contributed by atoms with Crippen molar-refractivity contribution < 1.29 is 17.2 Å². The molecule has 1 aliphatic heterocycles. The highest BCUT2D eigenvalue weighted by Crippen LogP contribution is 2.31. The van der Waals surface area contributed by atoms with Gasteiger partial charge in [-0.1, -0.05) is 0 Å². The predicted octanol–water partition coefficient (Wildman–Crippen LogP) is 1.67. The number of benzene rings is 1. The van der Waals surface area contributed by atoms with Gasteiger partial charge in [-0.15, -0.1) is 4.40 Å². The summed E-state index contributed by atoms with van der Waals surface area (Å²) in [4.78, 5) is -0.565. The predicted molar refractivity (Wildman–Crippen MR) is 50.5 cm³/mol. The molecule has 15 heavy (non-hydrogen) atoms. The summed E-state index contributed by atoms with van der Waals surface area (Å²) in [6.45, 7) is 0. The van der Waals surface area contributed by atoms with Crippen molar-refractivity contribution in [3.63, 3.8) is 0 Å². The number of amidine groups is 1. The molecule has 0 radical (unpaired) electrons. The molecule has 1 aromatic carbocycles. The van der Waals surface area contributed by atoms with E-state index in [1.807, 2.05) is 0 Å². The van der Waals surface area contributed by atoms with Gasteiger partial charge in [0.1, 0.15) is 10.7 Å². The van der Waals surface area contributed by atoms with Crippen LogP contribution in [0.2, 0.25) is 0 Å². The Morgan fingerprint density at radius 3 is 2.67 bits per heavy atom. The zero-order valence-corrected chi connectivity index (χ0v) is 8.53. The Balaban J connectivity index is 2.80. The van der Waals surface area contributed by atoms with Crippen LogP contribution >= 0.6 is 11.6 Å². The summed E-state index contributed by atoms with van der Waals surface area (Å²) in [5.74, 6) is -2.04. The molecule has 4 nitrogen and oxygen atoms in total. The molecule has 0 unspecified atom stereocenters. The van der Waals surface area contributed by atoms with Crippen molar-refractivity contribution in [3.05, 3.63) is 23.8 Å². The van der Waals surface area contributed by atoms with Gasteiger partial charge in [-0.25, -0.2) is 8.78 Å². The van der Waals surface area contributed by atoms with Gasteiger partial charge in [0, 0.05) is 6.07 Å². The highest BCUT2D eigenvalue weighted by molar-refractivity contribution is 7.90. The number of sulfonamides is 1. The van der Waals surface area contributed by atoms with Crippen LogP contribution in [-0.2, 0) is 10.0 Å². The third-order valence-corrected chi connectivity index (χ3v) is 3.31. The number of nitrogens with zero attached hydrogens (tertiary/aromatic N) is 1. The summed E-state index contributed by atoms with van der Waals surface area (Å²) in [5.41, 5.74) is -0.392. The molecule has 0 bridgehead atoms. The van der Waals surface area contributed by atoms with Gasteiger partial charge in [0.25, 0.3) is 10.0 Å². The molecule has 0 saturated carbocycles. The van der Waals surface area contributed by atoms with Gasteiger partial charge in [0.05, 0.1) is 5.69 Å². The standard InChI is InChI=1S/C7H3ClF2N2O2S/c8-7-11-6-4(10)1-3(9)2-5(6)15(13,14)12-7/h1-2H,(H,11,12). The first-order valence-corrected chi connectivity index (χ1v) is 5.48. The smallest absolute Gasteiger partial charge is 0.287 e. The van der Waals surface area contributed by atoms with Gasteiger partial charge in [-0.2, -0.15) is 8.42 Å². The maximum absolute atomic E-state index is 13.2. The fourth-order valence-electron chi connectivity index (χ4n) is 1.16. The molecule has 1 aromatic rings. The molecular formula is C7H3ClF2N2O2S. The fraction of sp³-hybridized carbons (Fsp3) is 0. The summed E-state index contributed by atoms with van der Waals surface area (Å²) in [6, 6.07) is 1.23. The molecule has 1 N–H and O–H groups in total. The summed E-state index contributed by atoms with van der Waals surface area (Å²) < 4.78 is 51.7. The maximum atomic E-state index is 13.2. The van der Waals surface area contributed by atoms with Crippen LogP contribution in [0.4, 0.5) is 14.5 Å². The summed E-state index contributed by atoms with van der Waals surface area (Å²) in [7, 11) is -4.12. The first-order valence-electron chi connectivity index (χ1n) is 3.67. The first-order chi connectivity index (χ1) is 6.90. The molecule has 0 aliphatic carbocycles. The third kappa shape index (κ3) is 1.68. The quantitative estimate of drug-likeness (QED) is 0.715. The highest BCUT2D eigenvalue weighted by Gasteiger charge is 2.27. The number of rotatable bonds is 0. The zero-order chi connectivity index (χ0) is 11.2. The SMILES string of the molecule is O=S1(=O)N=C(Cl)Nc2c(F)cc(F)cc21. The van der Waals surface area contributed by atoms with Gasteiger partial charge in [-0.05, 0) is 17.7 Å². The van der Waals surface area contributed by atoms with E-state index in [1.165, 1.54) is 0 Å². The summed E-state index contributed by atoms with van der Waals surface area (Å²) in [5, 5.41) is 1.73. The Morgan fingerprint density at radius 2 is 2.00 bits per heavy atom. The fourth-order valence-corrected chi connectivity index (χ4v) is 2.55. The average molecular weight is 253 g/mol. The van der Waals surface area contributed by atoms with Crippen LogP contribution in [0, 0.1) is 11.6 Å². The number of anilines is 1. The van der Waals surface area contributed by atoms with E-state index in [-0.39, 0.29) is 0 Å². The normalized spacial score (nSPS) is 17.7. The number of hydrogen-bond acceptors (Lipinski definition) is 3. The van der Waals surface area contributed by atoms with E-state index in [4.69, 9.17) is 11.6 Å². The lowest BCUT2D eigenvalue weighted by molar-refractivity contribution is 0.570. The van der Waals surface area contributed by atoms with Crippen molar-refractivity contribution in [3.8, 4) is 0 Å². The molecule has 0 spiro atoms. The lowest BCUT2D eigenvalue weighted by Crippen LogP contribution is -2.18. The number of fused-ring (bicyclic) bond motifs is 1. The molecular weight excluding hydrogens is 250 g/mol. The van der Waals surface area contributed by atoms with E-state index in [0.29, 0.717) is 12.1 Å². The van der Waals surface area contributed by atoms with E-state index in [2.05, 4.69) is 9.71 Å². The minimum absolute atomic E-state index is 0.392. The topological polar surface area (TPSA) is 58.5 Å². The molecule has 0 saturated heterocycles. The van der Waals surface area contributed by atoms with Crippen LogP contribution in [-0.4, -0.2) is 13.7 Å². The molecule has 80 valence electrons. The van der Waals surface area contributed by atoms with Crippen molar-refractivity contribution in [1.29, 1.82) is 0 Å². The summed E-state index contributed by atoms with van der Waals surface area (Å²) in [6.07, 6.45) is 0. The van der Waals surface area contributed by atoms with Crippen molar-refractivity contribution in [1.82, 2.24) is 0 Å². The molecule has 0 aromatic heterocycles. The van der Waals surface area contributed by atoms with Gasteiger partial charge < -0.3 is 5.32 Å². The van der Waals surface area contributed by atoms with Crippen LogP contribution < -0.4 is 5.32 Å². The first kappa shape index (κ1) is 10.3. The van der Waals surface area contributed by atoms with Crippen molar-refractivity contribution in [2.45, 2.75) is 4.90 Å². The number of hydrogen-bond donors (Lipinski definition) is 1. The Morgan fingerprint density at radius 1 is 1.33 bits per heavy atom. The second-order valence-corrected chi connectivity index (χ2v) is 4.67. The molecule has 0 fully saturated rings. The van der Waals surface area contributed by atoms with Gasteiger partial charge in [0.15, 0.2) is 5.82 Å². The van der Waals surface area contributed by atoms with Crippen molar-refractivity contribution in [2.75, 3.05) is 5.32 Å². The maximum Gasteiger partial charge on any atom is 0.287 e. The molecule has 1 heterocycles. The van der Waals surface area contributed by atoms with Crippen LogP contribution in [0.15, 0.2) is 21.4 Å². The monoisotopic (exact) mass is 252 g/mol. The van der Waals surface area contributed by atoms with E-state index >= 15 is 0 Å². The molecule has 0 atom stereocenters. The molecule has 1 aliphatic rings. The van der Waals surface area contributed by atoms with Crippen molar-refractivity contribution >= 4 is 32.6 Å². The average Bonchev–Trinajstić information content (AvgIpc) is 2.06. The van der Waals surface area contributed by atoms with Gasteiger partial charge in [0.2, 0.25) is 5.29 Å². The highest BCUT2D eigenvalue weighted by atomic mass is 35.5. The van der Waals surface area contributed by atoms with Gasteiger partial charge >= 0.3 is 0 Å². The van der Waals surface area contributed by atoms with E-state index in [9.17, 15) is 17.2 Å². The molecule has 2 rings (SSSR count). The number of nitrogens with one attached hydrogen (secondary N) is 1. The Bertz CT molecular complexity index is 571. The summed E-state index contributed by atoms with van der Waals surface area (Å²) >= 11 is 5.34. The van der Waals surface area contributed by atoms with Crippen molar-refractivity contribution in [2.24, 2.45) is 4.40 Å². The Labute approximate surface area is 88.6 Å². The van der Waals surface area contributed by atoms with Gasteiger partial charge in [-0.3, -0.25) is 0 Å². The number of halogens is 3. The third-order valence-electron chi connectivity index (χ3n) is 1.73. The van der Waals surface area contributed by atoms with Crippen LogP contribution in [0.25, 0.3) is 0 Å². The van der Waals surface area contributed by atoms with Crippen LogP contribution in [0.5, 0.6) is 0 Å². The molecule has 8 heteroatoms. The minimum Gasteiger partial charge on any atom is -0.326 e. The Kier molecular flexibility index (Phi) is 2.16. The molecule has 0 amide bonds. The Hall–Kier alpha value is -1.21. The van der Waals surface area contributed by atoms with E-state index in [0.717, 1.165) is 0 Å². The van der Waals surface area contributed by atoms with Crippen LogP contribution in [0.1, 0.15) is 0 Å². The second-order valence-electron chi connectivity index (χ2n) is 2.74. The minimum atomic E-state index is -4.12. The van der Waals surface area contributed by atoms with E-state index < -0.39 is 37.5 Å². The second kappa shape index (κ2) is 3.14. The van der Waals surface area contributed by atoms with Crippen LogP contribution in [0.3, 0.4) is 0 Å². The lowest BCUT2D eigenvalue weighted by atomic mass is 10.3. The zero-order valence-electron chi connectivity index (χ0n) is 6.96. The largest absolute Gasteiger partial charge is 0.326 e. The van der Waals surface area contributed by atoms with E-state index in [1.54, 1.807) is 0 Å². The lowest BCUT2D eigenvalue weighted by Gasteiger charge is -2.14.